The van der Waals surface area contributed by atoms with Gasteiger partial charge in [0.15, 0.2) is 0 Å². The fourth-order valence-electron chi connectivity index (χ4n) is 1.61. The second-order valence-electron chi connectivity index (χ2n) is 3.98. The van der Waals surface area contributed by atoms with Crippen LogP contribution in [-0.2, 0) is 0 Å². The van der Waals surface area contributed by atoms with Crippen molar-refractivity contribution in [1.29, 1.82) is 0 Å². The van der Waals surface area contributed by atoms with Crippen LogP contribution in [0.5, 0.6) is 0 Å². The molecule has 1 amide bonds. The fourth-order valence-corrected chi connectivity index (χ4v) is 1.82. The molecule has 0 saturated carbocycles. The maximum Gasteiger partial charge on any atom is 0.255 e. The normalized spacial score (nSPS) is 10.1. The highest BCUT2D eigenvalue weighted by molar-refractivity contribution is 6.30. The van der Waals surface area contributed by atoms with E-state index in [0.717, 1.165) is 11.3 Å². The van der Waals surface area contributed by atoms with E-state index < -0.39 is 0 Å². The van der Waals surface area contributed by atoms with Crippen LogP contribution < -0.4 is 16.6 Å². The van der Waals surface area contributed by atoms with Gasteiger partial charge in [0, 0.05) is 11.3 Å². The predicted molar refractivity (Wildman–Crippen MR) is 76.2 cm³/mol. The first kappa shape index (κ1) is 13.3. The van der Waals surface area contributed by atoms with Crippen LogP contribution in [0.4, 0.5) is 11.5 Å². The zero-order valence-electron chi connectivity index (χ0n) is 10.3. The first-order valence-corrected chi connectivity index (χ1v) is 5.99. The van der Waals surface area contributed by atoms with Gasteiger partial charge in [-0.15, -0.1) is 0 Å². The maximum absolute atomic E-state index is 12.1. The van der Waals surface area contributed by atoms with Crippen LogP contribution in [0.15, 0.2) is 36.4 Å². The van der Waals surface area contributed by atoms with Crippen molar-refractivity contribution in [2.75, 3.05) is 10.7 Å². The Labute approximate surface area is 115 Å². The number of rotatable bonds is 3. The lowest BCUT2D eigenvalue weighted by molar-refractivity contribution is 0.102. The number of para-hydroxylation sites is 1. The minimum Gasteiger partial charge on any atom is -0.322 e. The van der Waals surface area contributed by atoms with E-state index >= 15 is 0 Å². The molecule has 4 N–H and O–H groups in total. The minimum absolute atomic E-state index is 0.199. The van der Waals surface area contributed by atoms with Gasteiger partial charge in [0.1, 0.15) is 11.0 Å². The van der Waals surface area contributed by atoms with Crippen molar-refractivity contribution in [3.63, 3.8) is 0 Å². The number of carbonyl (C=O) groups excluding carboxylic acids is 1. The number of nitrogens with two attached hydrogens (primary N) is 1. The van der Waals surface area contributed by atoms with Crippen molar-refractivity contribution in [3.8, 4) is 0 Å². The summed E-state index contributed by atoms with van der Waals surface area (Å²) in [6.45, 7) is 1.92. The lowest BCUT2D eigenvalue weighted by atomic mass is 10.2. The monoisotopic (exact) mass is 276 g/mol. The fraction of sp³-hybridized carbons (Fsp3) is 0.0769. The Morgan fingerprint density at radius 2 is 2.05 bits per heavy atom. The third-order valence-corrected chi connectivity index (χ3v) is 2.79. The molecular weight excluding hydrogens is 264 g/mol. The number of pyridine rings is 1. The standard InChI is InChI=1S/C13H13ClN4O/c1-8-4-2-3-5-10(8)16-13(19)9-6-11(14)17-12(7-9)18-15/h2-7H,15H2,1H3,(H,16,19)(H,17,18). The summed E-state index contributed by atoms with van der Waals surface area (Å²) >= 11 is 5.82. The number of aromatic nitrogens is 1. The van der Waals surface area contributed by atoms with Crippen LogP contribution in [0.3, 0.4) is 0 Å². The van der Waals surface area contributed by atoms with Gasteiger partial charge >= 0.3 is 0 Å². The van der Waals surface area contributed by atoms with Crippen LogP contribution in [0, 0.1) is 6.92 Å². The molecule has 98 valence electrons. The van der Waals surface area contributed by atoms with Gasteiger partial charge in [-0.2, -0.15) is 0 Å². The summed E-state index contributed by atoms with van der Waals surface area (Å²) in [5, 5.41) is 3.01. The predicted octanol–water partition coefficient (Wildman–Crippen LogP) is 2.58. The number of aryl methyl sites for hydroxylation is 1. The first-order valence-electron chi connectivity index (χ1n) is 5.61. The molecule has 2 rings (SSSR count). The third kappa shape index (κ3) is 3.21. The maximum atomic E-state index is 12.1. The average Bonchev–Trinajstić information content (AvgIpc) is 2.40. The van der Waals surface area contributed by atoms with Crippen molar-refractivity contribution in [2.24, 2.45) is 5.84 Å². The number of nitrogens with zero attached hydrogens (tertiary/aromatic N) is 1. The van der Waals surface area contributed by atoms with Crippen molar-refractivity contribution in [1.82, 2.24) is 4.98 Å². The topological polar surface area (TPSA) is 80.0 Å². The van der Waals surface area contributed by atoms with Crippen LogP contribution in [0.2, 0.25) is 5.15 Å². The van der Waals surface area contributed by atoms with Crippen molar-refractivity contribution in [3.05, 3.63) is 52.7 Å². The van der Waals surface area contributed by atoms with Crippen molar-refractivity contribution in [2.45, 2.75) is 6.92 Å². The lowest BCUT2D eigenvalue weighted by Crippen LogP contribution is -2.15. The molecule has 0 unspecified atom stereocenters. The Morgan fingerprint density at radius 1 is 1.32 bits per heavy atom. The molecule has 2 aromatic rings. The molecule has 0 saturated heterocycles. The van der Waals surface area contributed by atoms with Crippen LogP contribution >= 0.6 is 11.6 Å². The molecule has 0 aliphatic heterocycles. The van der Waals surface area contributed by atoms with Gasteiger partial charge in [-0.05, 0) is 30.7 Å². The smallest absolute Gasteiger partial charge is 0.255 e. The second kappa shape index (κ2) is 5.69. The molecular formula is C13H13ClN4O. The Balaban J connectivity index is 2.25. The number of halogens is 1. The Kier molecular flexibility index (Phi) is 3.99. The summed E-state index contributed by atoms with van der Waals surface area (Å²) in [6.07, 6.45) is 0. The van der Waals surface area contributed by atoms with E-state index in [0.29, 0.717) is 11.4 Å². The quantitative estimate of drug-likeness (QED) is 0.457. The molecule has 19 heavy (non-hydrogen) atoms. The van der Waals surface area contributed by atoms with Gasteiger partial charge in [0.05, 0.1) is 0 Å². The SMILES string of the molecule is Cc1ccccc1NC(=O)c1cc(Cl)nc(NN)c1. The second-order valence-corrected chi connectivity index (χ2v) is 4.36. The Bertz CT molecular complexity index is 615. The van der Waals surface area contributed by atoms with E-state index in [2.05, 4.69) is 15.7 Å². The number of hydrogen-bond donors (Lipinski definition) is 3. The molecule has 1 heterocycles. The summed E-state index contributed by atoms with van der Waals surface area (Å²) in [6, 6.07) is 10.5. The summed E-state index contributed by atoms with van der Waals surface area (Å²) in [7, 11) is 0. The van der Waals surface area contributed by atoms with Gasteiger partial charge in [-0.3, -0.25) is 4.79 Å². The van der Waals surface area contributed by atoms with E-state index in [-0.39, 0.29) is 11.1 Å². The number of nitrogens with one attached hydrogen (secondary N) is 2. The molecule has 0 aliphatic carbocycles. The molecule has 6 heteroatoms. The molecule has 0 atom stereocenters. The highest BCUT2D eigenvalue weighted by Crippen LogP contribution is 2.17. The lowest BCUT2D eigenvalue weighted by Gasteiger charge is -2.09. The molecule has 0 bridgehead atoms. The number of carbonyl (C=O) groups is 1. The van der Waals surface area contributed by atoms with E-state index in [1.54, 1.807) is 0 Å². The molecule has 1 aromatic carbocycles. The number of anilines is 2. The molecule has 0 fully saturated rings. The highest BCUT2D eigenvalue weighted by atomic mass is 35.5. The molecule has 1 aromatic heterocycles. The van der Waals surface area contributed by atoms with E-state index in [9.17, 15) is 4.79 Å². The number of hydrazine groups is 1. The average molecular weight is 277 g/mol. The van der Waals surface area contributed by atoms with Gasteiger partial charge in [-0.25, -0.2) is 10.8 Å². The highest BCUT2D eigenvalue weighted by Gasteiger charge is 2.10. The van der Waals surface area contributed by atoms with E-state index in [1.807, 2.05) is 31.2 Å². The van der Waals surface area contributed by atoms with Gasteiger partial charge < -0.3 is 10.7 Å². The van der Waals surface area contributed by atoms with E-state index in [4.69, 9.17) is 17.4 Å². The third-order valence-electron chi connectivity index (χ3n) is 2.60. The zero-order chi connectivity index (χ0) is 13.8. The van der Waals surface area contributed by atoms with Crippen LogP contribution in [0.1, 0.15) is 15.9 Å². The van der Waals surface area contributed by atoms with Gasteiger partial charge in [0.25, 0.3) is 5.91 Å². The van der Waals surface area contributed by atoms with E-state index in [1.165, 1.54) is 12.1 Å². The van der Waals surface area contributed by atoms with Gasteiger partial charge in [0.2, 0.25) is 0 Å². The number of benzene rings is 1. The Morgan fingerprint density at radius 3 is 2.74 bits per heavy atom. The molecule has 5 nitrogen and oxygen atoms in total. The van der Waals surface area contributed by atoms with Crippen LogP contribution in [0.25, 0.3) is 0 Å². The van der Waals surface area contributed by atoms with Crippen molar-refractivity contribution < 1.29 is 4.79 Å². The minimum atomic E-state index is -0.268. The van der Waals surface area contributed by atoms with Crippen molar-refractivity contribution >= 4 is 29.0 Å². The summed E-state index contributed by atoms with van der Waals surface area (Å²) in [4.78, 5) is 16.0. The Hall–Kier alpha value is -2.11. The summed E-state index contributed by atoms with van der Waals surface area (Å²) in [5.41, 5.74) is 4.48. The number of nitrogen functional groups attached to an aromatic ring is 1. The first-order chi connectivity index (χ1) is 9.10. The largest absolute Gasteiger partial charge is 0.322 e. The summed E-state index contributed by atoms with van der Waals surface area (Å²) < 4.78 is 0. The number of hydrogen-bond acceptors (Lipinski definition) is 4. The van der Waals surface area contributed by atoms with Crippen LogP contribution in [-0.4, -0.2) is 10.9 Å². The number of amides is 1. The zero-order valence-corrected chi connectivity index (χ0v) is 11.0. The molecule has 0 radical (unpaired) electrons. The summed E-state index contributed by atoms with van der Waals surface area (Å²) in [5.74, 6) is 5.33. The molecule has 0 spiro atoms. The van der Waals surface area contributed by atoms with Gasteiger partial charge in [-0.1, -0.05) is 29.8 Å². The molecule has 0 aliphatic rings.